The lowest BCUT2D eigenvalue weighted by atomic mass is 9.99. The first kappa shape index (κ1) is 21.4. The molecular formula is C27H27N3O2. The number of amides is 2. The summed E-state index contributed by atoms with van der Waals surface area (Å²) >= 11 is 0. The molecule has 1 aliphatic rings. The molecule has 0 bridgehead atoms. The number of benzene rings is 3. The molecule has 1 aliphatic heterocycles. The van der Waals surface area contributed by atoms with E-state index in [0.29, 0.717) is 17.0 Å². The predicted octanol–water partition coefficient (Wildman–Crippen LogP) is 5.07. The summed E-state index contributed by atoms with van der Waals surface area (Å²) in [5.74, 6) is -0.687. The molecule has 0 saturated heterocycles. The van der Waals surface area contributed by atoms with Crippen molar-refractivity contribution in [2.24, 2.45) is 0 Å². The molecule has 1 N–H and O–H groups in total. The van der Waals surface area contributed by atoms with E-state index in [1.54, 1.807) is 12.1 Å². The van der Waals surface area contributed by atoms with Gasteiger partial charge in [0.25, 0.3) is 11.8 Å². The maximum atomic E-state index is 13.6. The minimum absolute atomic E-state index is 0.292. The fraction of sp³-hybridized carbons (Fsp3) is 0.185. The van der Waals surface area contributed by atoms with Crippen LogP contribution in [0.4, 0.5) is 17.1 Å². The van der Waals surface area contributed by atoms with E-state index in [4.69, 9.17) is 0 Å². The van der Waals surface area contributed by atoms with Gasteiger partial charge in [0.05, 0.1) is 11.3 Å². The Hall–Kier alpha value is -3.86. The summed E-state index contributed by atoms with van der Waals surface area (Å²) in [6.45, 7) is 6.02. The van der Waals surface area contributed by atoms with Crippen molar-refractivity contribution in [2.45, 2.75) is 20.8 Å². The number of nitrogens with zero attached hydrogens (tertiary/aromatic N) is 2. The zero-order valence-electron chi connectivity index (χ0n) is 19.1. The molecule has 5 heteroatoms. The van der Waals surface area contributed by atoms with Crippen LogP contribution in [0.5, 0.6) is 0 Å². The number of hydrogen-bond acceptors (Lipinski definition) is 4. The highest BCUT2D eigenvalue weighted by atomic mass is 16.2. The van der Waals surface area contributed by atoms with Crippen LogP contribution >= 0.6 is 0 Å². The van der Waals surface area contributed by atoms with Crippen LogP contribution in [0.2, 0.25) is 0 Å². The number of imide groups is 1. The van der Waals surface area contributed by atoms with Gasteiger partial charge in [-0.25, -0.2) is 4.90 Å². The van der Waals surface area contributed by atoms with E-state index in [-0.39, 0.29) is 11.8 Å². The minimum Gasteiger partial charge on any atom is -0.378 e. The Morgan fingerprint density at radius 2 is 1.50 bits per heavy atom. The summed E-state index contributed by atoms with van der Waals surface area (Å²) in [5.41, 5.74) is 6.99. The Labute approximate surface area is 189 Å². The average Bonchev–Trinajstić information content (AvgIpc) is 3.00. The van der Waals surface area contributed by atoms with Gasteiger partial charge in [-0.1, -0.05) is 30.3 Å². The molecule has 0 saturated carbocycles. The molecule has 162 valence electrons. The number of aryl methyl sites for hydroxylation is 3. The number of hydrogen-bond donors (Lipinski definition) is 1. The number of carbonyl (C=O) groups is 2. The van der Waals surface area contributed by atoms with Crippen LogP contribution < -0.4 is 15.1 Å². The lowest BCUT2D eigenvalue weighted by Crippen LogP contribution is -2.32. The SMILES string of the molecule is Cc1cccc(NC2=C(c3ccc(C)c(C)c3)C(=O)N(c3ccc(N(C)C)cc3)C2=O)c1. The van der Waals surface area contributed by atoms with Gasteiger partial charge in [-0.15, -0.1) is 0 Å². The molecule has 0 fully saturated rings. The monoisotopic (exact) mass is 425 g/mol. The van der Waals surface area contributed by atoms with Gasteiger partial charge in [-0.2, -0.15) is 0 Å². The number of anilines is 3. The van der Waals surface area contributed by atoms with Crippen molar-refractivity contribution in [2.75, 3.05) is 29.2 Å². The van der Waals surface area contributed by atoms with Crippen molar-refractivity contribution in [1.82, 2.24) is 0 Å². The lowest BCUT2D eigenvalue weighted by Gasteiger charge is -2.18. The first-order chi connectivity index (χ1) is 15.3. The molecule has 0 atom stereocenters. The van der Waals surface area contributed by atoms with Gasteiger partial charge < -0.3 is 10.2 Å². The highest BCUT2D eigenvalue weighted by Crippen LogP contribution is 2.35. The maximum absolute atomic E-state index is 13.6. The molecule has 3 aromatic carbocycles. The summed E-state index contributed by atoms with van der Waals surface area (Å²) in [6, 6.07) is 21.0. The van der Waals surface area contributed by atoms with Gasteiger partial charge in [0, 0.05) is 25.5 Å². The normalized spacial score (nSPS) is 13.7. The van der Waals surface area contributed by atoms with Crippen LogP contribution in [-0.4, -0.2) is 25.9 Å². The number of rotatable bonds is 5. The minimum atomic E-state index is -0.359. The van der Waals surface area contributed by atoms with E-state index in [1.807, 2.05) is 94.4 Å². The van der Waals surface area contributed by atoms with Crippen LogP contribution in [0, 0.1) is 20.8 Å². The molecule has 0 unspecified atom stereocenters. The van der Waals surface area contributed by atoms with Crippen molar-refractivity contribution < 1.29 is 9.59 Å². The van der Waals surface area contributed by atoms with E-state index in [9.17, 15) is 9.59 Å². The highest BCUT2D eigenvalue weighted by Gasteiger charge is 2.40. The van der Waals surface area contributed by atoms with E-state index in [0.717, 1.165) is 33.6 Å². The smallest absolute Gasteiger partial charge is 0.282 e. The van der Waals surface area contributed by atoms with E-state index in [1.165, 1.54) is 4.90 Å². The van der Waals surface area contributed by atoms with Gasteiger partial charge in [0.1, 0.15) is 5.70 Å². The average molecular weight is 426 g/mol. The van der Waals surface area contributed by atoms with Gasteiger partial charge in [0.2, 0.25) is 0 Å². The van der Waals surface area contributed by atoms with Crippen molar-refractivity contribution in [3.05, 3.63) is 94.7 Å². The third kappa shape index (κ3) is 3.89. The molecule has 3 aromatic rings. The summed E-state index contributed by atoms with van der Waals surface area (Å²) in [6.07, 6.45) is 0. The summed E-state index contributed by atoms with van der Waals surface area (Å²) in [7, 11) is 3.90. The fourth-order valence-corrected chi connectivity index (χ4v) is 3.81. The molecule has 0 aliphatic carbocycles. The second-order valence-corrected chi connectivity index (χ2v) is 8.40. The van der Waals surface area contributed by atoms with E-state index in [2.05, 4.69) is 5.32 Å². The van der Waals surface area contributed by atoms with Gasteiger partial charge in [-0.05, 0) is 79.4 Å². The molecular weight excluding hydrogens is 398 g/mol. The Morgan fingerprint density at radius 3 is 2.12 bits per heavy atom. The van der Waals surface area contributed by atoms with Crippen molar-refractivity contribution in [1.29, 1.82) is 0 Å². The van der Waals surface area contributed by atoms with Crippen molar-refractivity contribution in [3.8, 4) is 0 Å². The zero-order chi connectivity index (χ0) is 23.0. The van der Waals surface area contributed by atoms with Crippen LogP contribution in [0.25, 0.3) is 5.57 Å². The highest BCUT2D eigenvalue weighted by molar-refractivity contribution is 6.46. The molecule has 0 spiro atoms. The summed E-state index contributed by atoms with van der Waals surface area (Å²) in [4.78, 5) is 30.4. The molecule has 5 nitrogen and oxygen atoms in total. The molecule has 1 heterocycles. The van der Waals surface area contributed by atoms with Crippen molar-refractivity contribution >= 4 is 34.4 Å². The van der Waals surface area contributed by atoms with Crippen LogP contribution in [0.15, 0.2) is 72.4 Å². The third-order valence-electron chi connectivity index (χ3n) is 5.79. The molecule has 32 heavy (non-hydrogen) atoms. The maximum Gasteiger partial charge on any atom is 0.282 e. The third-order valence-corrected chi connectivity index (χ3v) is 5.79. The number of carbonyl (C=O) groups excluding carboxylic acids is 2. The molecule has 2 amide bonds. The topological polar surface area (TPSA) is 52.7 Å². The fourth-order valence-electron chi connectivity index (χ4n) is 3.81. The summed E-state index contributed by atoms with van der Waals surface area (Å²) in [5, 5.41) is 3.23. The number of nitrogens with one attached hydrogen (secondary N) is 1. The standard InChI is InChI=1S/C27H27N3O2/c1-17-7-6-8-21(15-17)28-25-24(20-10-9-18(2)19(3)16-20)26(31)30(27(25)32)23-13-11-22(12-14-23)29(4)5/h6-16,28H,1-5H3. The Balaban J connectivity index is 1.81. The second kappa shape index (κ2) is 8.35. The lowest BCUT2D eigenvalue weighted by molar-refractivity contribution is -0.120. The molecule has 0 aromatic heterocycles. The second-order valence-electron chi connectivity index (χ2n) is 8.40. The first-order valence-corrected chi connectivity index (χ1v) is 10.6. The van der Waals surface area contributed by atoms with Gasteiger partial charge >= 0.3 is 0 Å². The Bertz CT molecular complexity index is 1240. The Kier molecular flexibility index (Phi) is 5.57. The zero-order valence-corrected chi connectivity index (χ0v) is 19.1. The molecule has 0 radical (unpaired) electrons. The van der Waals surface area contributed by atoms with Crippen LogP contribution in [0.3, 0.4) is 0 Å². The quantitative estimate of drug-likeness (QED) is 0.580. The van der Waals surface area contributed by atoms with Crippen LogP contribution in [0.1, 0.15) is 22.3 Å². The van der Waals surface area contributed by atoms with Crippen LogP contribution in [-0.2, 0) is 9.59 Å². The summed E-state index contributed by atoms with van der Waals surface area (Å²) < 4.78 is 0. The Morgan fingerprint density at radius 1 is 0.781 bits per heavy atom. The van der Waals surface area contributed by atoms with E-state index >= 15 is 0 Å². The van der Waals surface area contributed by atoms with Gasteiger partial charge in [0.15, 0.2) is 0 Å². The predicted molar refractivity (Wildman–Crippen MR) is 131 cm³/mol. The molecule has 4 rings (SSSR count). The van der Waals surface area contributed by atoms with Crippen molar-refractivity contribution in [3.63, 3.8) is 0 Å². The van der Waals surface area contributed by atoms with E-state index < -0.39 is 0 Å². The largest absolute Gasteiger partial charge is 0.378 e. The first-order valence-electron chi connectivity index (χ1n) is 10.6. The van der Waals surface area contributed by atoms with Gasteiger partial charge in [-0.3, -0.25) is 9.59 Å².